The zero-order valence-electron chi connectivity index (χ0n) is 17.5. The van der Waals surface area contributed by atoms with E-state index in [9.17, 15) is 14.4 Å². The molecule has 1 aromatic carbocycles. The predicted molar refractivity (Wildman–Crippen MR) is 106 cm³/mol. The van der Waals surface area contributed by atoms with Crippen LogP contribution in [0, 0.1) is 12.8 Å². The first-order chi connectivity index (χ1) is 14.2. The summed E-state index contributed by atoms with van der Waals surface area (Å²) in [6, 6.07) is 5.23. The molecular formula is C20H25N3O7. The van der Waals surface area contributed by atoms with E-state index in [1.54, 1.807) is 26.8 Å². The Bertz CT molecular complexity index is 885. The summed E-state index contributed by atoms with van der Waals surface area (Å²) in [5, 5.41) is 8.68. The number of benzene rings is 1. The highest BCUT2D eigenvalue weighted by Crippen LogP contribution is 2.22. The minimum absolute atomic E-state index is 0.147. The normalized spacial score (nSPS) is 11.5. The molecule has 0 aliphatic carbocycles. The van der Waals surface area contributed by atoms with Crippen molar-refractivity contribution < 1.29 is 33.1 Å². The zero-order chi connectivity index (χ0) is 22.3. The number of aromatic nitrogens is 1. The third-order valence-electron chi connectivity index (χ3n) is 4.06. The van der Waals surface area contributed by atoms with Crippen molar-refractivity contribution in [3.63, 3.8) is 0 Å². The number of carbonyl (C=O) groups excluding carboxylic acids is 3. The number of aryl methyl sites for hydroxylation is 1. The van der Waals surface area contributed by atoms with E-state index in [1.807, 2.05) is 0 Å². The van der Waals surface area contributed by atoms with Gasteiger partial charge in [-0.1, -0.05) is 19.0 Å². The van der Waals surface area contributed by atoms with Gasteiger partial charge in [0.25, 0.3) is 11.8 Å². The maximum absolute atomic E-state index is 12.7. The van der Waals surface area contributed by atoms with Crippen molar-refractivity contribution in [2.45, 2.75) is 26.8 Å². The van der Waals surface area contributed by atoms with Crippen LogP contribution in [0.15, 0.2) is 28.8 Å². The first kappa shape index (κ1) is 22.7. The Morgan fingerprint density at radius 2 is 1.70 bits per heavy atom. The molecule has 2 rings (SSSR count). The second-order valence-corrected chi connectivity index (χ2v) is 6.78. The molecule has 0 unspecified atom stereocenters. The van der Waals surface area contributed by atoms with E-state index >= 15 is 0 Å². The van der Waals surface area contributed by atoms with Gasteiger partial charge in [-0.15, -0.1) is 0 Å². The molecule has 2 aromatic rings. The van der Waals surface area contributed by atoms with Gasteiger partial charge in [0, 0.05) is 17.7 Å². The molecule has 0 spiro atoms. The van der Waals surface area contributed by atoms with Crippen LogP contribution in [0.1, 0.15) is 29.9 Å². The molecule has 2 N–H and O–H groups in total. The van der Waals surface area contributed by atoms with Crippen molar-refractivity contribution in [1.29, 1.82) is 0 Å². The molecule has 0 saturated carbocycles. The molecule has 0 radical (unpaired) electrons. The number of carbonyl (C=O) groups is 3. The van der Waals surface area contributed by atoms with Gasteiger partial charge in [0.15, 0.2) is 6.61 Å². The number of anilines is 1. The van der Waals surface area contributed by atoms with Gasteiger partial charge in [-0.2, -0.15) is 0 Å². The lowest BCUT2D eigenvalue weighted by atomic mass is 10.0. The highest BCUT2D eigenvalue weighted by atomic mass is 16.5. The van der Waals surface area contributed by atoms with Crippen LogP contribution in [-0.4, -0.2) is 49.8 Å². The Morgan fingerprint density at radius 1 is 1.07 bits per heavy atom. The van der Waals surface area contributed by atoms with Crippen LogP contribution in [0.3, 0.4) is 0 Å². The summed E-state index contributed by atoms with van der Waals surface area (Å²) < 4.78 is 20.2. The SMILES string of the molecule is COc1cc(OC)cc(C(=O)N[C@H](C(=O)OCC(=O)Nc2cc(C)no2)C(C)C)c1. The lowest BCUT2D eigenvalue weighted by molar-refractivity contribution is -0.150. The van der Waals surface area contributed by atoms with Gasteiger partial charge in [-0.05, 0) is 25.0 Å². The van der Waals surface area contributed by atoms with Gasteiger partial charge in [0.2, 0.25) is 5.88 Å². The molecule has 10 nitrogen and oxygen atoms in total. The first-order valence-electron chi connectivity index (χ1n) is 9.17. The van der Waals surface area contributed by atoms with Gasteiger partial charge in [-0.25, -0.2) is 4.79 Å². The summed E-state index contributed by atoms with van der Waals surface area (Å²) in [7, 11) is 2.94. The molecule has 1 atom stereocenters. The van der Waals surface area contributed by atoms with Crippen LogP contribution in [-0.2, 0) is 14.3 Å². The second kappa shape index (κ2) is 10.3. The van der Waals surface area contributed by atoms with E-state index in [0.29, 0.717) is 17.2 Å². The molecule has 0 aliphatic heterocycles. The number of amides is 2. The second-order valence-electron chi connectivity index (χ2n) is 6.78. The van der Waals surface area contributed by atoms with Crippen LogP contribution < -0.4 is 20.1 Å². The summed E-state index contributed by atoms with van der Waals surface area (Å²) in [4.78, 5) is 37.0. The predicted octanol–water partition coefficient (Wildman–Crippen LogP) is 1.94. The van der Waals surface area contributed by atoms with E-state index in [0.717, 1.165) is 0 Å². The van der Waals surface area contributed by atoms with E-state index in [1.165, 1.54) is 32.4 Å². The number of hydrogen-bond acceptors (Lipinski definition) is 8. The average molecular weight is 419 g/mol. The highest BCUT2D eigenvalue weighted by Gasteiger charge is 2.27. The van der Waals surface area contributed by atoms with Gasteiger partial charge in [0.1, 0.15) is 17.5 Å². The summed E-state index contributed by atoms with van der Waals surface area (Å²) in [5.74, 6) is -1.11. The van der Waals surface area contributed by atoms with E-state index in [4.69, 9.17) is 18.7 Å². The van der Waals surface area contributed by atoms with Crippen LogP contribution in [0.25, 0.3) is 0 Å². The van der Waals surface area contributed by atoms with Crippen LogP contribution in [0.5, 0.6) is 11.5 Å². The molecule has 2 amide bonds. The van der Waals surface area contributed by atoms with E-state index < -0.39 is 30.4 Å². The number of esters is 1. The Labute approximate surface area is 173 Å². The molecule has 0 saturated heterocycles. The lowest BCUT2D eigenvalue weighted by Crippen LogP contribution is -2.45. The maximum Gasteiger partial charge on any atom is 0.329 e. The average Bonchev–Trinajstić information content (AvgIpc) is 3.13. The van der Waals surface area contributed by atoms with Crippen molar-refractivity contribution in [1.82, 2.24) is 10.5 Å². The quantitative estimate of drug-likeness (QED) is 0.590. The summed E-state index contributed by atoms with van der Waals surface area (Å²) >= 11 is 0. The largest absolute Gasteiger partial charge is 0.497 e. The first-order valence-corrected chi connectivity index (χ1v) is 9.17. The molecule has 0 bridgehead atoms. The Balaban J connectivity index is 2.00. The fourth-order valence-corrected chi connectivity index (χ4v) is 2.48. The lowest BCUT2D eigenvalue weighted by Gasteiger charge is -2.21. The van der Waals surface area contributed by atoms with E-state index in [2.05, 4.69) is 15.8 Å². The highest BCUT2D eigenvalue weighted by molar-refractivity contribution is 5.98. The Hall–Kier alpha value is -3.56. The summed E-state index contributed by atoms with van der Waals surface area (Å²) in [6.45, 7) is 4.66. The Morgan fingerprint density at radius 3 is 2.20 bits per heavy atom. The van der Waals surface area contributed by atoms with Gasteiger partial charge in [0.05, 0.1) is 19.9 Å². The smallest absolute Gasteiger partial charge is 0.329 e. The topological polar surface area (TPSA) is 129 Å². The van der Waals surface area contributed by atoms with Crippen LogP contribution in [0.2, 0.25) is 0 Å². The molecule has 30 heavy (non-hydrogen) atoms. The standard InChI is InChI=1S/C20H25N3O7/c1-11(2)18(20(26)29-10-16(24)21-17-6-12(3)23-30-17)22-19(25)13-7-14(27-4)9-15(8-13)28-5/h6-9,11,18H,10H2,1-5H3,(H,21,24)(H,22,25)/t18-/m0/s1. The number of hydrogen-bond donors (Lipinski definition) is 2. The fourth-order valence-electron chi connectivity index (χ4n) is 2.48. The van der Waals surface area contributed by atoms with Crippen LogP contribution >= 0.6 is 0 Å². The summed E-state index contributed by atoms with van der Waals surface area (Å²) in [6.07, 6.45) is 0. The summed E-state index contributed by atoms with van der Waals surface area (Å²) in [5.41, 5.74) is 0.849. The van der Waals surface area contributed by atoms with Gasteiger partial charge < -0.3 is 24.1 Å². The molecule has 0 aliphatic rings. The van der Waals surface area contributed by atoms with Crippen molar-refractivity contribution in [3.05, 3.63) is 35.5 Å². The number of nitrogens with zero attached hydrogens (tertiary/aromatic N) is 1. The molecule has 1 heterocycles. The number of rotatable bonds is 9. The minimum Gasteiger partial charge on any atom is -0.497 e. The van der Waals surface area contributed by atoms with E-state index in [-0.39, 0.29) is 17.4 Å². The number of nitrogens with one attached hydrogen (secondary N) is 2. The van der Waals surface area contributed by atoms with Crippen LogP contribution in [0.4, 0.5) is 5.88 Å². The third kappa shape index (κ3) is 6.23. The minimum atomic E-state index is -0.963. The van der Waals surface area contributed by atoms with Crippen molar-refractivity contribution in [2.24, 2.45) is 5.92 Å². The number of methoxy groups -OCH3 is 2. The molecule has 10 heteroatoms. The van der Waals surface area contributed by atoms with Crippen molar-refractivity contribution in [2.75, 3.05) is 26.1 Å². The number of ether oxygens (including phenoxy) is 3. The van der Waals surface area contributed by atoms with Crippen molar-refractivity contribution >= 4 is 23.7 Å². The maximum atomic E-state index is 12.7. The fraction of sp³-hybridized carbons (Fsp3) is 0.400. The molecular weight excluding hydrogens is 394 g/mol. The third-order valence-corrected chi connectivity index (χ3v) is 4.06. The van der Waals surface area contributed by atoms with Crippen molar-refractivity contribution in [3.8, 4) is 11.5 Å². The van der Waals surface area contributed by atoms with Gasteiger partial charge in [-0.3, -0.25) is 14.9 Å². The zero-order valence-corrected chi connectivity index (χ0v) is 17.5. The monoisotopic (exact) mass is 419 g/mol. The Kier molecular flexibility index (Phi) is 7.79. The van der Waals surface area contributed by atoms with Gasteiger partial charge >= 0.3 is 5.97 Å². The molecule has 162 valence electrons. The molecule has 0 fully saturated rings. The molecule has 1 aromatic heterocycles.